The Labute approximate surface area is 228 Å². The summed E-state index contributed by atoms with van der Waals surface area (Å²) in [4.78, 5) is 23.8. The number of rotatable bonds is 10. The van der Waals surface area contributed by atoms with Gasteiger partial charge in [-0.2, -0.15) is 26.3 Å². The quantitative estimate of drug-likeness (QED) is 0.332. The van der Waals surface area contributed by atoms with Crippen molar-refractivity contribution >= 4 is 11.8 Å². The minimum Gasteiger partial charge on any atom is -0.377 e. The highest BCUT2D eigenvalue weighted by Gasteiger charge is 2.40. The molecule has 0 saturated heterocycles. The number of alkyl halides is 6. The summed E-state index contributed by atoms with van der Waals surface area (Å²) in [6.07, 6.45) is -8.75. The second kappa shape index (κ2) is 13.0. The number of methoxy groups -OCH3 is 1. The molecular weight excluding hydrogens is 542 g/mol. The lowest BCUT2D eigenvalue weighted by molar-refractivity contribution is -0.143. The maximum Gasteiger partial charge on any atom is 0.416 e. The van der Waals surface area contributed by atoms with E-state index in [0.29, 0.717) is 37.8 Å². The van der Waals surface area contributed by atoms with Crippen molar-refractivity contribution in [1.29, 1.82) is 0 Å². The van der Waals surface area contributed by atoms with Crippen LogP contribution in [0.5, 0.6) is 0 Å². The normalized spacial score (nSPS) is 20.6. The lowest BCUT2D eigenvalue weighted by atomic mass is 9.68. The zero-order chi connectivity index (χ0) is 29.6. The predicted molar refractivity (Wildman–Crippen MR) is 135 cm³/mol. The molecule has 1 aliphatic carbocycles. The summed E-state index contributed by atoms with van der Waals surface area (Å²) in [6, 6.07) is 10.1. The van der Waals surface area contributed by atoms with Crippen LogP contribution in [0.2, 0.25) is 0 Å². The van der Waals surface area contributed by atoms with E-state index in [9.17, 15) is 35.9 Å². The molecule has 0 radical (unpaired) electrons. The van der Waals surface area contributed by atoms with Gasteiger partial charge in [0.2, 0.25) is 0 Å². The smallest absolute Gasteiger partial charge is 0.377 e. The van der Waals surface area contributed by atoms with Gasteiger partial charge in [-0.3, -0.25) is 4.79 Å². The number of ketones is 1. The summed E-state index contributed by atoms with van der Waals surface area (Å²) in [6.45, 7) is 1.20. The molecule has 2 aromatic rings. The first-order valence-electron chi connectivity index (χ1n) is 12.7. The molecule has 1 saturated carbocycles. The number of urea groups is 1. The summed E-state index contributed by atoms with van der Waals surface area (Å²) >= 11 is 0. The molecule has 0 heterocycles. The maximum atomic E-state index is 13.3. The number of hydrogen-bond acceptors (Lipinski definition) is 4. The molecule has 12 heteroatoms. The second-order valence-electron chi connectivity index (χ2n) is 10.0. The third kappa shape index (κ3) is 8.44. The monoisotopic (exact) mass is 574 g/mol. The van der Waals surface area contributed by atoms with Crippen LogP contribution in [-0.2, 0) is 32.0 Å². The minimum absolute atomic E-state index is 0.0558. The van der Waals surface area contributed by atoms with Gasteiger partial charge in [0, 0.05) is 18.6 Å². The average molecular weight is 575 g/mol. The van der Waals surface area contributed by atoms with Gasteiger partial charge in [-0.05, 0) is 61.9 Å². The van der Waals surface area contributed by atoms with Crippen LogP contribution in [0.15, 0.2) is 48.5 Å². The van der Waals surface area contributed by atoms with E-state index in [1.807, 2.05) is 30.3 Å². The Morgan fingerprint density at radius 1 is 0.975 bits per heavy atom. The number of halogens is 6. The van der Waals surface area contributed by atoms with Crippen molar-refractivity contribution in [3.05, 3.63) is 70.8 Å². The Hall–Kier alpha value is -3.12. The van der Waals surface area contributed by atoms with Crippen molar-refractivity contribution < 1.29 is 45.4 Å². The first-order chi connectivity index (χ1) is 18.7. The first-order valence-corrected chi connectivity index (χ1v) is 12.7. The molecule has 1 fully saturated rings. The van der Waals surface area contributed by atoms with E-state index in [1.54, 1.807) is 0 Å². The van der Waals surface area contributed by atoms with Gasteiger partial charge in [-0.25, -0.2) is 4.79 Å². The molecule has 0 unspecified atom stereocenters. The van der Waals surface area contributed by atoms with Gasteiger partial charge in [0.25, 0.3) is 0 Å². The molecule has 40 heavy (non-hydrogen) atoms. The van der Waals surface area contributed by atoms with Crippen LogP contribution >= 0.6 is 0 Å². The number of carbonyl (C=O) groups is 2. The van der Waals surface area contributed by atoms with E-state index in [1.165, 1.54) is 14.0 Å². The van der Waals surface area contributed by atoms with Gasteiger partial charge < -0.3 is 20.1 Å². The zero-order valence-corrected chi connectivity index (χ0v) is 22.1. The Morgan fingerprint density at radius 3 is 2.08 bits per heavy atom. The van der Waals surface area contributed by atoms with Gasteiger partial charge in [0.15, 0.2) is 5.78 Å². The van der Waals surface area contributed by atoms with Crippen LogP contribution in [-0.4, -0.2) is 44.7 Å². The first kappa shape index (κ1) is 31.4. The molecule has 2 N–H and O–H groups in total. The second-order valence-corrected chi connectivity index (χ2v) is 10.0. The van der Waals surface area contributed by atoms with Crippen molar-refractivity contribution in [2.24, 2.45) is 0 Å². The topological polar surface area (TPSA) is 76.7 Å². The molecule has 0 aliphatic heterocycles. The summed E-state index contributed by atoms with van der Waals surface area (Å²) < 4.78 is 90.8. The molecule has 2 aromatic carbocycles. The van der Waals surface area contributed by atoms with Crippen LogP contribution in [0.1, 0.15) is 61.0 Å². The Kier molecular flexibility index (Phi) is 10.2. The maximum absolute atomic E-state index is 13.3. The summed E-state index contributed by atoms with van der Waals surface area (Å²) in [5.74, 6) is -0.279. The third-order valence-electron chi connectivity index (χ3n) is 7.10. The van der Waals surface area contributed by atoms with E-state index in [-0.39, 0.29) is 43.2 Å². The van der Waals surface area contributed by atoms with Crippen molar-refractivity contribution in [2.75, 3.05) is 26.9 Å². The van der Waals surface area contributed by atoms with E-state index in [0.717, 1.165) is 5.56 Å². The standard InChI is InChI=1S/C28H32F6N2O4/c1-18(19-12-21(27(29,30)31)14-22(13-19)28(32,33)34)40-17-26(20-6-4-3-5-7-20)10-8-23(9-11-26)36-25(38)35-15-24(37)16-39-2/h3-7,12-14,18,23H,8-11,15-17H2,1-2H3,(H2,35,36,38)/t18-,23?,26?/m1/s1. The summed E-state index contributed by atoms with van der Waals surface area (Å²) in [7, 11) is 1.38. The lowest BCUT2D eigenvalue weighted by Gasteiger charge is -2.41. The third-order valence-corrected chi connectivity index (χ3v) is 7.10. The van der Waals surface area contributed by atoms with Crippen molar-refractivity contribution in [3.63, 3.8) is 0 Å². The van der Waals surface area contributed by atoms with E-state index >= 15 is 0 Å². The number of ether oxygens (including phenoxy) is 2. The Morgan fingerprint density at radius 2 is 1.55 bits per heavy atom. The highest BCUT2D eigenvalue weighted by Crippen LogP contribution is 2.42. The number of amides is 2. The SMILES string of the molecule is COCC(=O)CNC(=O)NC1CCC(CO[C@H](C)c2cc(C(F)(F)F)cc(C(F)(F)F)c2)(c2ccccc2)CC1. The lowest BCUT2D eigenvalue weighted by Crippen LogP contribution is -2.48. The van der Waals surface area contributed by atoms with Crippen molar-refractivity contribution in [2.45, 2.75) is 62.5 Å². The van der Waals surface area contributed by atoms with Gasteiger partial charge in [-0.1, -0.05) is 30.3 Å². The fourth-order valence-electron chi connectivity index (χ4n) is 4.84. The largest absolute Gasteiger partial charge is 0.416 e. The summed E-state index contributed by atoms with van der Waals surface area (Å²) in [5.41, 5.74) is -2.64. The van der Waals surface area contributed by atoms with Gasteiger partial charge in [0.05, 0.1) is 30.4 Å². The van der Waals surface area contributed by atoms with Crippen LogP contribution in [0.25, 0.3) is 0 Å². The van der Waals surface area contributed by atoms with Crippen LogP contribution in [0.4, 0.5) is 31.1 Å². The fraction of sp³-hybridized carbons (Fsp3) is 0.500. The number of Topliss-reactive ketones (excluding diaryl/α,β-unsaturated/α-hetero) is 1. The number of carbonyl (C=O) groups excluding carboxylic acids is 2. The minimum atomic E-state index is -4.95. The fourth-order valence-corrected chi connectivity index (χ4v) is 4.84. The molecule has 1 aliphatic rings. The molecule has 2 amide bonds. The van der Waals surface area contributed by atoms with Crippen molar-refractivity contribution in [3.8, 4) is 0 Å². The van der Waals surface area contributed by atoms with E-state index < -0.39 is 41.0 Å². The molecule has 0 spiro atoms. The Bertz CT molecular complexity index is 1110. The van der Waals surface area contributed by atoms with Gasteiger partial charge >= 0.3 is 18.4 Å². The molecule has 3 rings (SSSR count). The molecular formula is C28H32F6N2O4. The molecule has 0 aromatic heterocycles. The van der Waals surface area contributed by atoms with Crippen LogP contribution in [0, 0.1) is 0 Å². The zero-order valence-electron chi connectivity index (χ0n) is 22.1. The van der Waals surface area contributed by atoms with Crippen molar-refractivity contribution in [1.82, 2.24) is 10.6 Å². The Balaban J connectivity index is 1.72. The average Bonchev–Trinajstić information content (AvgIpc) is 2.91. The van der Waals surface area contributed by atoms with Crippen LogP contribution < -0.4 is 10.6 Å². The van der Waals surface area contributed by atoms with E-state index in [2.05, 4.69) is 10.6 Å². The van der Waals surface area contributed by atoms with Crippen LogP contribution in [0.3, 0.4) is 0 Å². The highest BCUT2D eigenvalue weighted by atomic mass is 19.4. The molecule has 0 bridgehead atoms. The number of hydrogen-bond donors (Lipinski definition) is 2. The summed E-state index contributed by atoms with van der Waals surface area (Å²) in [5, 5.41) is 5.33. The number of benzene rings is 2. The molecule has 1 atom stereocenters. The molecule has 6 nitrogen and oxygen atoms in total. The molecule has 220 valence electrons. The number of nitrogens with one attached hydrogen (secondary N) is 2. The van der Waals surface area contributed by atoms with Gasteiger partial charge in [0.1, 0.15) is 6.61 Å². The van der Waals surface area contributed by atoms with Gasteiger partial charge in [-0.15, -0.1) is 0 Å². The van der Waals surface area contributed by atoms with E-state index in [4.69, 9.17) is 9.47 Å². The highest BCUT2D eigenvalue weighted by molar-refractivity contribution is 5.86. The predicted octanol–water partition coefficient (Wildman–Crippen LogP) is 6.20.